The maximum absolute atomic E-state index is 10.6. The molecule has 0 radical (unpaired) electrons. The number of nitrogens with one attached hydrogen (secondary N) is 1. The van der Waals surface area contributed by atoms with Crippen LogP contribution in [0.1, 0.15) is 25.1 Å². The highest BCUT2D eigenvalue weighted by Gasteiger charge is 2.19. The number of benzene rings is 1. The molecule has 8 heteroatoms. The van der Waals surface area contributed by atoms with E-state index in [4.69, 9.17) is 14.6 Å². The fourth-order valence-corrected chi connectivity index (χ4v) is 3.62. The number of ether oxygens (including phenoxy) is 2. The fraction of sp³-hybridized carbons (Fsp3) is 0.286. The molecule has 0 unspecified atom stereocenters. The molecule has 7 nitrogen and oxygen atoms in total. The van der Waals surface area contributed by atoms with E-state index >= 15 is 0 Å². The van der Waals surface area contributed by atoms with Gasteiger partial charge < -0.3 is 14.8 Å². The topological polar surface area (TPSA) is 78.3 Å². The average molecular weight is 413 g/mol. The number of carbonyl (C=O) groups is 1. The van der Waals surface area contributed by atoms with Gasteiger partial charge in [-0.15, -0.1) is 11.8 Å². The van der Waals surface area contributed by atoms with Gasteiger partial charge in [0.25, 0.3) is 0 Å². The summed E-state index contributed by atoms with van der Waals surface area (Å²) in [5, 5.41) is 7.42. The molecule has 29 heavy (non-hydrogen) atoms. The molecule has 0 atom stereocenters. The van der Waals surface area contributed by atoms with Crippen molar-refractivity contribution in [2.24, 2.45) is 0 Å². The largest absolute Gasteiger partial charge is 0.487 e. The summed E-state index contributed by atoms with van der Waals surface area (Å²) in [5.74, 6) is 1.34. The van der Waals surface area contributed by atoms with Gasteiger partial charge in [0.2, 0.25) is 12.3 Å². The number of hydrogen-bond acceptors (Lipinski definition) is 6. The molecule has 2 aromatic heterocycles. The van der Waals surface area contributed by atoms with Crippen molar-refractivity contribution < 1.29 is 14.3 Å². The summed E-state index contributed by atoms with van der Waals surface area (Å²) in [6.07, 6.45) is 4.46. The number of aromatic nitrogens is 3. The Hall–Kier alpha value is -3.00. The number of methoxy groups -OCH3 is 1. The second-order valence-corrected chi connectivity index (χ2v) is 6.83. The Morgan fingerprint density at radius 1 is 1.28 bits per heavy atom. The van der Waals surface area contributed by atoms with Crippen LogP contribution < -0.4 is 14.8 Å². The van der Waals surface area contributed by atoms with Gasteiger partial charge in [-0.25, -0.2) is 4.98 Å². The molecular formula is C21H24N4O3S. The summed E-state index contributed by atoms with van der Waals surface area (Å²) in [6.45, 7) is 5.01. The quantitative estimate of drug-likeness (QED) is 0.500. The van der Waals surface area contributed by atoms with Crippen molar-refractivity contribution in [3.63, 3.8) is 0 Å². The first-order valence-corrected chi connectivity index (χ1v) is 10.6. The molecule has 1 amide bonds. The number of anilines is 1. The number of fused-ring (bicyclic) bond motifs is 2. The second kappa shape index (κ2) is 9.47. The minimum atomic E-state index is 0.405. The van der Waals surface area contributed by atoms with Crippen LogP contribution in [0.5, 0.6) is 11.6 Å². The molecule has 152 valence electrons. The molecule has 1 aromatic carbocycles. The lowest BCUT2D eigenvalue weighted by Gasteiger charge is -2.09. The number of carbonyl (C=O) groups excluding carboxylic acids is 1. The molecule has 1 N–H and O–H groups in total. The number of hydrogen-bond donors (Lipinski definition) is 1. The maximum atomic E-state index is 10.6. The molecule has 0 saturated carbocycles. The number of amides is 1. The smallest absolute Gasteiger partial charge is 0.214 e. The van der Waals surface area contributed by atoms with Crippen molar-refractivity contribution in [2.75, 3.05) is 18.7 Å². The lowest BCUT2D eigenvalue weighted by atomic mass is 10.2. The number of pyridine rings is 1. The number of nitrogens with zero attached hydrogens (tertiary/aromatic N) is 3. The molecule has 3 aromatic rings. The van der Waals surface area contributed by atoms with Gasteiger partial charge in [0.15, 0.2) is 0 Å². The molecule has 0 bridgehead atoms. The van der Waals surface area contributed by atoms with E-state index in [2.05, 4.69) is 10.3 Å². The van der Waals surface area contributed by atoms with E-state index in [1.807, 2.05) is 55.1 Å². The first-order chi connectivity index (χ1) is 14.2. The zero-order valence-electron chi connectivity index (χ0n) is 16.9. The van der Waals surface area contributed by atoms with Gasteiger partial charge in [0, 0.05) is 40.0 Å². The van der Waals surface area contributed by atoms with Crippen molar-refractivity contribution >= 4 is 23.9 Å². The highest BCUT2D eigenvalue weighted by Crippen LogP contribution is 2.33. The Bertz CT molecular complexity index is 1000. The summed E-state index contributed by atoms with van der Waals surface area (Å²) in [7, 11) is 1.61. The Morgan fingerprint density at radius 3 is 2.83 bits per heavy atom. The van der Waals surface area contributed by atoms with E-state index in [-0.39, 0.29) is 0 Å². The summed E-state index contributed by atoms with van der Waals surface area (Å²) < 4.78 is 13.1. The minimum Gasteiger partial charge on any atom is -0.487 e. The lowest BCUT2D eigenvalue weighted by molar-refractivity contribution is -0.105. The zero-order chi connectivity index (χ0) is 20.8. The van der Waals surface area contributed by atoms with E-state index in [1.54, 1.807) is 25.1 Å². The average Bonchev–Trinajstić information content (AvgIpc) is 3.09. The van der Waals surface area contributed by atoms with Crippen molar-refractivity contribution in [1.29, 1.82) is 0 Å². The van der Waals surface area contributed by atoms with Crippen LogP contribution >= 0.6 is 11.8 Å². The van der Waals surface area contributed by atoms with Crippen molar-refractivity contribution in [3.05, 3.63) is 47.8 Å². The molecular weight excluding hydrogens is 388 g/mol. The Labute approximate surface area is 174 Å². The SMILES string of the molecule is CC.COc1cc(SC)c(-c2cc3n(n2)Cc2ccc(NC=O)cc2OC3)cn1. The molecule has 1 aliphatic rings. The van der Waals surface area contributed by atoms with Gasteiger partial charge in [-0.2, -0.15) is 5.10 Å². The Balaban J connectivity index is 0.00000117. The van der Waals surface area contributed by atoms with Gasteiger partial charge in [-0.1, -0.05) is 19.9 Å². The molecule has 0 saturated heterocycles. The van der Waals surface area contributed by atoms with Gasteiger partial charge in [-0.3, -0.25) is 9.48 Å². The Morgan fingerprint density at radius 2 is 2.10 bits per heavy atom. The van der Waals surface area contributed by atoms with Gasteiger partial charge in [0.1, 0.15) is 12.4 Å². The molecule has 0 fully saturated rings. The van der Waals surface area contributed by atoms with Crippen LogP contribution in [0, 0.1) is 0 Å². The van der Waals surface area contributed by atoms with E-state index in [0.717, 1.165) is 33.2 Å². The van der Waals surface area contributed by atoms with E-state index in [9.17, 15) is 4.79 Å². The number of rotatable bonds is 5. The minimum absolute atomic E-state index is 0.405. The van der Waals surface area contributed by atoms with Gasteiger partial charge in [0.05, 0.1) is 25.0 Å². The summed E-state index contributed by atoms with van der Waals surface area (Å²) in [5.41, 5.74) is 4.52. The van der Waals surface area contributed by atoms with Gasteiger partial charge >= 0.3 is 0 Å². The predicted molar refractivity (Wildman–Crippen MR) is 115 cm³/mol. The molecule has 4 rings (SSSR count). The van der Waals surface area contributed by atoms with Crippen molar-refractivity contribution in [3.8, 4) is 22.9 Å². The monoisotopic (exact) mass is 412 g/mol. The first kappa shape index (κ1) is 20.7. The van der Waals surface area contributed by atoms with Crippen LogP contribution in [0.4, 0.5) is 5.69 Å². The lowest BCUT2D eigenvalue weighted by Crippen LogP contribution is -2.04. The number of thioether (sulfide) groups is 1. The normalized spacial score (nSPS) is 11.7. The van der Waals surface area contributed by atoms with Crippen LogP contribution in [-0.4, -0.2) is 34.5 Å². The van der Waals surface area contributed by atoms with Crippen LogP contribution in [-0.2, 0) is 17.9 Å². The van der Waals surface area contributed by atoms with Crippen LogP contribution in [0.25, 0.3) is 11.3 Å². The van der Waals surface area contributed by atoms with Crippen LogP contribution in [0.15, 0.2) is 41.4 Å². The van der Waals surface area contributed by atoms with Crippen LogP contribution in [0.2, 0.25) is 0 Å². The molecule has 1 aliphatic heterocycles. The van der Waals surface area contributed by atoms with Crippen molar-refractivity contribution in [2.45, 2.75) is 31.9 Å². The van der Waals surface area contributed by atoms with E-state index in [0.29, 0.717) is 31.1 Å². The predicted octanol–water partition coefficient (Wildman–Crippen LogP) is 4.21. The highest BCUT2D eigenvalue weighted by atomic mass is 32.2. The standard InChI is InChI=1S/C19H18N4O3S.C2H6/c1-25-19-7-18(27-2)15(8-20-19)16-6-14-10-26-17-5-13(21-11-24)4-3-12(17)9-23(14)22-16;1-2/h3-8,11H,9-10H2,1-2H3,(H,21,24);1-2H3. The van der Waals surface area contributed by atoms with Crippen molar-refractivity contribution in [1.82, 2.24) is 14.8 Å². The van der Waals surface area contributed by atoms with E-state index in [1.165, 1.54) is 0 Å². The summed E-state index contributed by atoms with van der Waals surface area (Å²) in [6, 6.07) is 9.57. The zero-order valence-corrected chi connectivity index (χ0v) is 17.7. The van der Waals surface area contributed by atoms with Gasteiger partial charge in [-0.05, 0) is 18.4 Å². The third-order valence-corrected chi connectivity index (χ3v) is 5.18. The van der Waals surface area contributed by atoms with Crippen LogP contribution in [0.3, 0.4) is 0 Å². The maximum Gasteiger partial charge on any atom is 0.214 e. The molecule has 0 spiro atoms. The van der Waals surface area contributed by atoms with E-state index < -0.39 is 0 Å². The first-order valence-electron chi connectivity index (χ1n) is 9.33. The second-order valence-electron chi connectivity index (χ2n) is 5.98. The molecule has 0 aliphatic carbocycles. The molecule has 3 heterocycles. The summed E-state index contributed by atoms with van der Waals surface area (Å²) in [4.78, 5) is 16.0. The third-order valence-electron chi connectivity index (χ3n) is 4.40. The fourth-order valence-electron chi connectivity index (χ4n) is 3.02. The highest BCUT2D eigenvalue weighted by molar-refractivity contribution is 7.98. The Kier molecular flexibility index (Phi) is 6.77. The summed E-state index contributed by atoms with van der Waals surface area (Å²) >= 11 is 1.63. The third kappa shape index (κ3) is 4.37.